The van der Waals surface area contributed by atoms with Gasteiger partial charge in [0.15, 0.2) is 0 Å². The minimum absolute atomic E-state index is 0.498. The van der Waals surface area contributed by atoms with Crippen molar-refractivity contribution in [2.75, 3.05) is 25.5 Å². The zero-order valence-electron chi connectivity index (χ0n) is 13.6. The number of benzene rings is 1. The number of hydrogen-bond donors (Lipinski definition) is 0. The van der Waals surface area contributed by atoms with E-state index in [9.17, 15) is 0 Å². The fourth-order valence-corrected chi connectivity index (χ4v) is 3.23. The van der Waals surface area contributed by atoms with Crippen molar-refractivity contribution in [3.05, 3.63) is 59.8 Å². The molecular weight excluding hydrogens is 270 g/mol. The van der Waals surface area contributed by atoms with Crippen LogP contribution in [0.15, 0.2) is 48.7 Å². The first-order valence-corrected chi connectivity index (χ1v) is 8.15. The van der Waals surface area contributed by atoms with E-state index >= 15 is 0 Å². The molecule has 0 N–H and O–H groups in total. The van der Waals surface area contributed by atoms with E-state index in [2.05, 4.69) is 58.5 Å². The molecule has 116 valence electrons. The third-order valence-corrected chi connectivity index (χ3v) is 4.46. The average Bonchev–Trinajstić information content (AvgIpc) is 2.56. The van der Waals surface area contributed by atoms with Crippen LogP contribution in [0.25, 0.3) is 0 Å². The number of pyridine rings is 1. The van der Waals surface area contributed by atoms with Crippen LogP contribution in [0.3, 0.4) is 0 Å². The first-order valence-electron chi connectivity index (χ1n) is 8.15. The molecule has 0 amide bonds. The van der Waals surface area contributed by atoms with E-state index in [1.165, 1.54) is 36.9 Å². The van der Waals surface area contributed by atoms with Crippen LogP contribution in [-0.2, 0) is 6.54 Å². The second kappa shape index (κ2) is 6.93. The van der Waals surface area contributed by atoms with Gasteiger partial charge in [0, 0.05) is 32.9 Å². The maximum atomic E-state index is 4.59. The van der Waals surface area contributed by atoms with Gasteiger partial charge in [0.05, 0.1) is 0 Å². The summed E-state index contributed by atoms with van der Waals surface area (Å²) in [6.45, 7) is 2.20. The van der Waals surface area contributed by atoms with Crippen molar-refractivity contribution >= 4 is 5.82 Å². The Morgan fingerprint density at radius 3 is 2.59 bits per heavy atom. The molecule has 0 aliphatic carbocycles. The number of anilines is 1. The lowest BCUT2D eigenvalue weighted by Crippen LogP contribution is -2.33. The topological polar surface area (TPSA) is 19.4 Å². The summed E-state index contributed by atoms with van der Waals surface area (Å²) in [4.78, 5) is 9.24. The Morgan fingerprint density at radius 1 is 1.09 bits per heavy atom. The fraction of sp³-hybridized carbons (Fsp3) is 0.421. The van der Waals surface area contributed by atoms with Crippen molar-refractivity contribution in [2.45, 2.75) is 31.8 Å². The van der Waals surface area contributed by atoms with Crippen LogP contribution in [0.4, 0.5) is 5.82 Å². The van der Waals surface area contributed by atoms with E-state index < -0.39 is 0 Å². The number of nitrogens with zero attached hydrogens (tertiary/aromatic N) is 3. The quantitative estimate of drug-likeness (QED) is 0.853. The molecule has 22 heavy (non-hydrogen) atoms. The zero-order valence-corrected chi connectivity index (χ0v) is 13.6. The third-order valence-electron chi connectivity index (χ3n) is 4.46. The number of hydrogen-bond acceptors (Lipinski definition) is 3. The normalized spacial score (nSPS) is 19.1. The molecule has 1 aromatic carbocycles. The highest BCUT2D eigenvalue weighted by Crippen LogP contribution is 2.32. The molecule has 1 saturated heterocycles. The molecule has 3 nitrogen and oxygen atoms in total. The molecule has 1 fully saturated rings. The Kier molecular flexibility index (Phi) is 4.74. The Hall–Kier alpha value is -1.87. The lowest BCUT2D eigenvalue weighted by atomic mass is 9.95. The molecule has 0 saturated carbocycles. The molecule has 3 heteroatoms. The second-order valence-electron chi connectivity index (χ2n) is 6.31. The molecule has 1 aliphatic rings. The Bertz CT molecular complexity index is 577. The van der Waals surface area contributed by atoms with Crippen LogP contribution in [0.5, 0.6) is 0 Å². The number of likely N-dealkylation sites (tertiary alicyclic amines) is 1. The highest BCUT2D eigenvalue weighted by molar-refractivity contribution is 5.38. The van der Waals surface area contributed by atoms with Crippen molar-refractivity contribution in [3.63, 3.8) is 0 Å². The summed E-state index contributed by atoms with van der Waals surface area (Å²) in [6, 6.07) is 15.7. The predicted molar refractivity (Wildman–Crippen MR) is 92.0 cm³/mol. The largest absolute Gasteiger partial charge is 0.363 e. The SMILES string of the molecule is CN(C)c1ccc([C@H]2CCCCN2Cc2ccccc2)cn1. The van der Waals surface area contributed by atoms with Gasteiger partial charge in [-0.1, -0.05) is 42.8 Å². The highest BCUT2D eigenvalue weighted by atomic mass is 15.2. The Labute approximate surface area is 133 Å². The molecule has 2 aromatic rings. The zero-order chi connectivity index (χ0) is 15.4. The number of aromatic nitrogens is 1. The standard InChI is InChI=1S/C19H25N3/c1-21(2)19-12-11-17(14-20-19)18-10-6-7-13-22(18)15-16-8-4-3-5-9-16/h3-5,8-9,11-12,14,18H,6-7,10,13,15H2,1-2H3/t18-/m1/s1. The van der Waals surface area contributed by atoms with Gasteiger partial charge in [-0.15, -0.1) is 0 Å². The molecular formula is C19H25N3. The van der Waals surface area contributed by atoms with E-state index in [1.807, 2.05) is 19.0 Å². The van der Waals surface area contributed by atoms with Crippen LogP contribution in [0.1, 0.15) is 36.4 Å². The van der Waals surface area contributed by atoms with Gasteiger partial charge in [-0.05, 0) is 36.6 Å². The van der Waals surface area contributed by atoms with Crippen LogP contribution < -0.4 is 4.90 Å². The van der Waals surface area contributed by atoms with Crippen molar-refractivity contribution in [2.24, 2.45) is 0 Å². The molecule has 1 aliphatic heterocycles. The predicted octanol–water partition coefficient (Wildman–Crippen LogP) is 3.87. The van der Waals surface area contributed by atoms with Crippen LogP contribution in [0.2, 0.25) is 0 Å². The van der Waals surface area contributed by atoms with Gasteiger partial charge in [0.2, 0.25) is 0 Å². The molecule has 2 heterocycles. The first-order chi connectivity index (χ1) is 10.7. The van der Waals surface area contributed by atoms with Gasteiger partial charge in [-0.25, -0.2) is 4.98 Å². The maximum absolute atomic E-state index is 4.59. The molecule has 1 aromatic heterocycles. The average molecular weight is 295 g/mol. The lowest BCUT2D eigenvalue weighted by Gasteiger charge is -2.36. The van der Waals surface area contributed by atoms with Crippen LogP contribution >= 0.6 is 0 Å². The fourth-order valence-electron chi connectivity index (χ4n) is 3.23. The van der Waals surface area contributed by atoms with Crippen LogP contribution in [-0.4, -0.2) is 30.5 Å². The summed E-state index contributed by atoms with van der Waals surface area (Å²) >= 11 is 0. The highest BCUT2D eigenvalue weighted by Gasteiger charge is 2.24. The van der Waals surface area contributed by atoms with Crippen molar-refractivity contribution in [3.8, 4) is 0 Å². The van der Waals surface area contributed by atoms with Gasteiger partial charge in [-0.2, -0.15) is 0 Å². The minimum atomic E-state index is 0.498. The monoisotopic (exact) mass is 295 g/mol. The summed E-state index contributed by atoms with van der Waals surface area (Å²) < 4.78 is 0. The lowest BCUT2D eigenvalue weighted by molar-refractivity contribution is 0.140. The molecule has 0 bridgehead atoms. The van der Waals surface area contributed by atoms with Gasteiger partial charge < -0.3 is 4.90 Å². The van der Waals surface area contributed by atoms with E-state index in [0.717, 1.165) is 12.4 Å². The Balaban J connectivity index is 1.77. The van der Waals surface area contributed by atoms with Gasteiger partial charge >= 0.3 is 0 Å². The maximum Gasteiger partial charge on any atom is 0.127 e. The molecule has 0 unspecified atom stereocenters. The van der Waals surface area contributed by atoms with E-state index in [1.54, 1.807) is 0 Å². The summed E-state index contributed by atoms with van der Waals surface area (Å²) in [7, 11) is 4.06. The second-order valence-corrected chi connectivity index (χ2v) is 6.31. The van der Waals surface area contributed by atoms with E-state index in [-0.39, 0.29) is 0 Å². The van der Waals surface area contributed by atoms with Crippen LogP contribution in [0, 0.1) is 0 Å². The summed E-state index contributed by atoms with van der Waals surface area (Å²) in [5, 5.41) is 0. The summed E-state index contributed by atoms with van der Waals surface area (Å²) in [6.07, 6.45) is 5.90. The van der Waals surface area contributed by atoms with Crippen molar-refractivity contribution in [1.29, 1.82) is 0 Å². The smallest absolute Gasteiger partial charge is 0.127 e. The molecule has 3 rings (SSSR count). The van der Waals surface area contributed by atoms with E-state index in [0.29, 0.717) is 6.04 Å². The van der Waals surface area contributed by atoms with Gasteiger partial charge in [-0.3, -0.25) is 4.90 Å². The first kappa shape index (κ1) is 15.0. The van der Waals surface area contributed by atoms with Gasteiger partial charge in [0.25, 0.3) is 0 Å². The molecule has 1 atom stereocenters. The molecule has 0 spiro atoms. The summed E-state index contributed by atoms with van der Waals surface area (Å²) in [5.74, 6) is 1.02. The minimum Gasteiger partial charge on any atom is -0.363 e. The van der Waals surface area contributed by atoms with Gasteiger partial charge in [0.1, 0.15) is 5.82 Å². The Morgan fingerprint density at radius 2 is 1.91 bits per heavy atom. The van der Waals surface area contributed by atoms with E-state index in [4.69, 9.17) is 0 Å². The van der Waals surface area contributed by atoms with Crippen molar-refractivity contribution in [1.82, 2.24) is 9.88 Å². The summed E-state index contributed by atoms with van der Waals surface area (Å²) in [5.41, 5.74) is 2.74. The molecule has 0 radical (unpaired) electrons. The number of piperidine rings is 1. The van der Waals surface area contributed by atoms with Crippen molar-refractivity contribution < 1.29 is 0 Å². The number of rotatable bonds is 4. The third kappa shape index (κ3) is 3.47.